The van der Waals surface area contributed by atoms with Gasteiger partial charge in [0.25, 0.3) is 0 Å². The van der Waals surface area contributed by atoms with Crippen LogP contribution in [-0.4, -0.2) is 53.2 Å². The topological polar surface area (TPSA) is 60.2 Å². The molecular formula is C13H21N3O2S2. The normalized spacial score (nSPS) is 30.8. The summed E-state index contributed by atoms with van der Waals surface area (Å²) in [5, 5.41) is 8.09. The maximum absolute atomic E-state index is 5.58. The zero-order chi connectivity index (χ0) is 13.8. The largest absolute Gasteiger partial charge is 0.379 e. The van der Waals surface area contributed by atoms with E-state index in [1.165, 1.54) is 11.5 Å². The predicted octanol–water partition coefficient (Wildman–Crippen LogP) is 2.07. The minimum absolute atomic E-state index is 0.198. The molecule has 2 aliphatic rings. The van der Waals surface area contributed by atoms with Gasteiger partial charge in [-0.25, -0.2) is 0 Å². The van der Waals surface area contributed by atoms with Crippen molar-refractivity contribution in [3.05, 3.63) is 11.7 Å². The number of hydrogen-bond acceptors (Lipinski definition) is 7. The molecule has 2 aliphatic heterocycles. The second-order valence-corrected chi connectivity index (χ2v) is 7.59. The maximum Gasteiger partial charge on any atom is 0.233 e. The average molecular weight is 315 g/mol. The van der Waals surface area contributed by atoms with Gasteiger partial charge in [0, 0.05) is 23.3 Å². The van der Waals surface area contributed by atoms with Crippen molar-refractivity contribution in [1.82, 2.24) is 15.5 Å². The molecule has 2 saturated heterocycles. The number of thioether (sulfide) groups is 2. The first-order chi connectivity index (χ1) is 9.88. The molecule has 112 valence electrons. The van der Waals surface area contributed by atoms with Crippen molar-refractivity contribution >= 4 is 23.5 Å². The zero-order valence-corrected chi connectivity index (χ0v) is 13.3. The molecule has 1 aromatic rings. The molecule has 2 fully saturated rings. The molecule has 20 heavy (non-hydrogen) atoms. The number of rotatable bonds is 5. The third-order valence-corrected chi connectivity index (χ3v) is 6.37. The first kappa shape index (κ1) is 14.7. The van der Waals surface area contributed by atoms with Crippen molar-refractivity contribution in [2.45, 2.75) is 30.6 Å². The second kappa shape index (κ2) is 7.15. The standard InChI is InChI=1S/C13H21N3O2S2/c1-2-3-14-10-7-17-6-9(10)13-15-12(16-18-13)11-8-19-4-5-20-11/h9-11,14H,2-8H2,1H3. The van der Waals surface area contributed by atoms with Crippen molar-refractivity contribution in [2.75, 3.05) is 37.0 Å². The van der Waals surface area contributed by atoms with E-state index in [2.05, 4.69) is 22.4 Å². The Morgan fingerprint density at radius 1 is 1.35 bits per heavy atom. The van der Waals surface area contributed by atoms with Crippen molar-refractivity contribution < 1.29 is 9.26 Å². The lowest BCUT2D eigenvalue weighted by atomic mass is 10.0. The van der Waals surface area contributed by atoms with Gasteiger partial charge in [-0.3, -0.25) is 0 Å². The molecule has 3 heterocycles. The predicted molar refractivity (Wildman–Crippen MR) is 82.5 cm³/mol. The van der Waals surface area contributed by atoms with E-state index < -0.39 is 0 Å². The highest BCUT2D eigenvalue weighted by atomic mass is 32.2. The lowest BCUT2D eigenvalue weighted by Gasteiger charge is -2.17. The van der Waals surface area contributed by atoms with Gasteiger partial charge in [0.15, 0.2) is 5.82 Å². The summed E-state index contributed by atoms with van der Waals surface area (Å²) in [7, 11) is 0. The highest BCUT2D eigenvalue weighted by Crippen LogP contribution is 2.36. The van der Waals surface area contributed by atoms with Gasteiger partial charge in [0.1, 0.15) is 0 Å². The maximum atomic E-state index is 5.58. The van der Waals surface area contributed by atoms with E-state index in [1.807, 2.05) is 23.5 Å². The van der Waals surface area contributed by atoms with Gasteiger partial charge in [-0.2, -0.15) is 16.7 Å². The van der Waals surface area contributed by atoms with Crippen LogP contribution in [0.1, 0.15) is 36.2 Å². The molecule has 0 aliphatic carbocycles. The minimum atomic E-state index is 0.198. The monoisotopic (exact) mass is 315 g/mol. The number of nitrogens with one attached hydrogen (secondary N) is 1. The summed E-state index contributed by atoms with van der Waals surface area (Å²) in [6, 6.07) is 0.302. The van der Waals surface area contributed by atoms with Gasteiger partial charge in [0.05, 0.1) is 24.4 Å². The third-order valence-electron chi connectivity index (χ3n) is 3.62. The lowest BCUT2D eigenvalue weighted by molar-refractivity contribution is 0.184. The fraction of sp³-hybridized carbons (Fsp3) is 0.846. The summed E-state index contributed by atoms with van der Waals surface area (Å²) in [6.07, 6.45) is 1.12. The summed E-state index contributed by atoms with van der Waals surface area (Å²) in [6.45, 7) is 4.58. The average Bonchev–Trinajstić information content (AvgIpc) is 3.14. The third kappa shape index (κ3) is 3.32. The molecule has 3 unspecified atom stereocenters. The molecular weight excluding hydrogens is 294 g/mol. The molecule has 3 rings (SSSR count). The summed E-state index contributed by atoms with van der Waals surface area (Å²) in [5.41, 5.74) is 0. The summed E-state index contributed by atoms with van der Waals surface area (Å²) in [5.74, 6) is 5.28. The van der Waals surface area contributed by atoms with E-state index >= 15 is 0 Å². The molecule has 1 aromatic heterocycles. The Morgan fingerprint density at radius 2 is 2.30 bits per heavy atom. The molecule has 0 radical (unpaired) electrons. The zero-order valence-electron chi connectivity index (χ0n) is 11.7. The number of hydrogen-bond donors (Lipinski definition) is 1. The summed E-state index contributed by atoms with van der Waals surface area (Å²) in [4.78, 5) is 4.64. The molecule has 0 spiro atoms. The Balaban J connectivity index is 1.65. The first-order valence-electron chi connectivity index (χ1n) is 7.22. The smallest absolute Gasteiger partial charge is 0.233 e. The van der Waals surface area contributed by atoms with E-state index in [9.17, 15) is 0 Å². The van der Waals surface area contributed by atoms with Crippen LogP contribution in [0.3, 0.4) is 0 Å². The van der Waals surface area contributed by atoms with Crippen molar-refractivity contribution in [1.29, 1.82) is 0 Å². The van der Waals surface area contributed by atoms with Gasteiger partial charge in [-0.15, -0.1) is 11.8 Å². The Hall–Kier alpha value is -0.240. The second-order valence-electron chi connectivity index (χ2n) is 5.13. The first-order valence-corrected chi connectivity index (χ1v) is 9.42. The molecule has 0 bridgehead atoms. The van der Waals surface area contributed by atoms with Crippen LogP contribution in [0.25, 0.3) is 0 Å². The van der Waals surface area contributed by atoms with Crippen LogP contribution in [0.15, 0.2) is 4.52 Å². The number of ether oxygens (including phenoxy) is 1. The van der Waals surface area contributed by atoms with E-state index in [1.54, 1.807) is 0 Å². The van der Waals surface area contributed by atoms with Gasteiger partial charge in [0.2, 0.25) is 5.89 Å². The fourth-order valence-corrected chi connectivity index (χ4v) is 5.08. The highest BCUT2D eigenvalue weighted by molar-refractivity contribution is 8.06. The van der Waals surface area contributed by atoms with Crippen molar-refractivity contribution in [3.8, 4) is 0 Å². The number of nitrogens with zero attached hydrogens (tertiary/aromatic N) is 2. The van der Waals surface area contributed by atoms with Crippen LogP contribution in [0.5, 0.6) is 0 Å². The highest BCUT2D eigenvalue weighted by Gasteiger charge is 2.34. The van der Waals surface area contributed by atoms with Gasteiger partial charge >= 0.3 is 0 Å². The molecule has 0 aromatic carbocycles. The van der Waals surface area contributed by atoms with Gasteiger partial charge in [-0.1, -0.05) is 12.1 Å². The quantitative estimate of drug-likeness (QED) is 0.892. The molecule has 3 atom stereocenters. The van der Waals surface area contributed by atoms with E-state index in [0.29, 0.717) is 17.9 Å². The molecule has 0 saturated carbocycles. The Morgan fingerprint density at radius 3 is 3.10 bits per heavy atom. The molecule has 1 N–H and O–H groups in total. The van der Waals surface area contributed by atoms with Crippen LogP contribution in [0, 0.1) is 0 Å². The van der Waals surface area contributed by atoms with E-state index in [0.717, 1.165) is 37.0 Å². The minimum Gasteiger partial charge on any atom is -0.379 e. The Labute approximate surface area is 128 Å². The number of aromatic nitrogens is 2. The molecule has 7 heteroatoms. The lowest BCUT2D eigenvalue weighted by Crippen LogP contribution is -2.35. The van der Waals surface area contributed by atoms with Crippen LogP contribution in [-0.2, 0) is 4.74 Å². The van der Waals surface area contributed by atoms with Crippen LogP contribution in [0.4, 0.5) is 0 Å². The van der Waals surface area contributed by atoms with E-state index in [-0.39, 0.29) is 5.92 Å². The molecule has 0 amide bonds. The van der Waals surface area contributed by atoms with Gasteiger partial charge < -0.3 is 14.6 Å². The van der Waals surface area contributed by atoms with Crippen LogP contribution < -0.4 is 5.32 Å². The molecule has 5 nitrogen and oxygen atoms in total. The summed E-state index contributed by atoms with van der Waals surface area (Å²) < 4.78 is 11.1. The van der Waals surface area contributed by atoms with Crippen LogP contribution in [0.2, 0.25) is 0 Å². The van der Waals surface area contributed by atoms with Gasteiger partial charge in [-0.05, 0) is 13.0 Å². The fourth-order valence-electron chi connectivity index (χ4n) is 2.49. The van der Waals surface area contributed by atoms with E-state index in [4.69, 9.17) is 9.26 Å². The van der Waals surface area contributed by atoms with Crippen molar-refractivity contribution in [3.63, 3.8) is 0 Å². The van der Waals surface area contributed by atoms with Crippen molar-refractivity contribution in [2.24, 2.45) is 0 Å². The summed E-state index contributed by atoms with van der Waals surface area (Å²) >= 11 is 3.91. The Bertz CT molecular complexity index is 424. The van der Waals surface area contributed by atoms with Crippen LogP contribution >= 0.6 is 23.5 Å². The Kier molecular flexibility index (Phi) is 5.25. The SMILES string of the molecule is CCCNC1COCC1c1nc(C2CSCCS2)no1.